The van der Waals surface area contributed by atoms with E-state index in [1.165, 1.54) is 0 Å². The molecule has 2 rings (SSSR count). The standard InChI is InChI=1S/C18H22NO3/c1-19-12-5-4-8-16(19)11-10-15-7-6-9-17(13-15)22-14-18(20-2)21-3/h4-13,18H,14H2,1-3H3/q+1. The van der Waals surface area contributed by atoms with Gasteiger partial charge in [0.15, 0.2) is 12.5 Å². The third-order valence-electron chi connectivity index (χ3n) is 3.31. The molecule has 0 spiro atoms. The number of benzene rings is 1. The summed E-state index contributed by atoms with van der Waals surface area (Å²) in [5.74, 6) is 0.790. The number of nitrogens with zero attached hydrogens (tertiary/aromatic N) is 1. The molecule has 2 aromatic rings. The Bertz CT molecular complexity index is 621. The van der Waals surface area contributed by atoms with Gasteiger partial charge in [-0.15, -0.1) is 0 Å². The molecule has 1 aromatic heterocycles. The largest absolute Gasteiger partial charge is 0.488 e. The van der Waals surface area contributed by atoms with E-state index in [2.05, 4.69) is 22.8 Å². The summed E-state index contributed by atoms with van der Waals surface area (Å²) < 4.78 is 18.0. The van der Waals surface area contributed by atoms with Crippen molar-refractivity contribution in [2.45, 2.75) is 6.29 Å². The quantitative estimate of drug-likeness (QED) is 0.582. The SMILES string of the molecule is COC(COc1cccc(C=Cc2cccc[n+]2C)c1)OC. The zero-order valence-electron chi connectivity index (χ0n) is 13.2. The van der Waals surface area contributed by atoms with Gasteiger partial charge in [-0.05, 0) is 29.8 Å². The van der Waals surface area contributed by atoms with E-state index < -0.39 is 0 Å². The Kier molecular flexibility index (Phi) is 6.13. The normalized spacial score (nSPS) is 11.3. The Balaban J connectivity index is 2.04. The van der Waals surface area contributed by atoms with Crippen LogP contribution in [-0.4, -0.2) is 27.1 Å². The van der Waals surface area contributed by atoms with Crippen LogP contribution in [-0.2, 0) is 16.5 Å². The van der Waals surface area contributed by atoms with Crippen molar-refractivity contribution in [3.63, 3.8) is 0 Å². The highest BCUT2D eigenvalue weighted by Crippen LogP contribution is 2.16. The maximum atomic E-state index is 5.68. The molecule has 116 valence electrons. The lowest BCUT2D eigenvalue weighted by atomic mass is 10.2. The molecule has 0 aliphatic heterocycles. The number of ether oxygens (including phenoxy) is 3. The Morgan fingerprint density at radius 1 is 1.05 bits per heavy atom. The molecule has 0 aliphatic rings. The lowest BCUT2D eigenvalue weighted by Crippen LogP contribution is -2.30. The third kappa shape index (κ3) is 4.69. The number of methoxy groups -OCH3 is 2. The smallest absolute Gasteiger partial charge is 0.204 e. The predicted octanol–water partition coefficient (Wildman–Crippen LogP) is 2.68. The number of rotatable bonds is 7. The van der Waals surface area contributed by atoms with Crippen molar-refractivity contribution in [3.8, 4) is 5.75 Å². The number of pyridine rings is 1. The van der Waals surface area contributed by atoms with Crippen LogP contribution in [0.15, 0.2) is 48.7 Å². The van der Waals surface area contributed by atoms with Gasteiger partial charge < -0.3 is 14.2 Å². The lowest BCUT2D eigenvalue weighted by molar-refractivity contribution is -0.673. The topological polar surface area (TPSA) is 31.6 Å². The number of hydrogen-bond acceptors (Lipinski definition) is 3. The monoisotopic (exact) mass is 300 g/mol. The fourth-order valence-corrected chi connectivity index (χ4v) is 2.00. The molecule has 4 heteroatoms. The molecule has 0 atom stereocenters. The van der Waals surface area contributed by atoms with Crippen molar-refractivity contribution in [1.29, 1.82) is 0 Å². The van der Waals surface area contributed by atoms with E-state index in [9.17, 15) is 0 Å². The van der Waals surface area contributed by atoms with E-state index in [0.29, 0.717) is 6.61 Å². The highest BCUT2D eigenvalue weighted by Gasteiger charge is 2.06. The average molecular weight is 300 g/mol. The van der Waals surface area contributed by atoms with Crippen molar-refractivity contribution in [1.82, 2.24) is 0 Å². The maximum Gasteiger partial charge on any atom is 0.204 e. The summed E-state index contributed by atoms with van der Waals surface area (Å²) in [6.45, 7) is 0.355. The molecule has 4 nitrogen and oxygen atoms in total. The van der Waals surface area contributed by atoms with Gasteiger partial charge in [0.25, 0.3) is 0 Å². The van der Waals surface area contributed by atoms with Gasteiger partial charge in [-0.2, -0.15) is 0 Å². The molecular weight excluding hydrogens is 278 g/mol. The Hall–Kier alpha value is -2.17. The molecule has 0 bridgehead atoms. The lowest BCUT2D eigenvalue weighted by Gasteiger charge is -2.14. The third-order valence-corrected chi connectivity index (χ3v) is 3.31. The molecule has 1 heterocycles. The zero-order chi connectivity index (χ0) is 15.8. The highest BCUT2D eigenvalue weighted by atomic mass is 16.7. The predicted molar refractivity (Wildman–Crippen MR) is 86.3 cm³/mol. The van der Waals surface area contributed by atoms with E-state index >= 15 is 0 Å². The molecule has 0 N–H and O–H groups in total. The minimum absolute atomic E-state index is 0.355. The second kappa shape index (κ2) is 8.32. The van der Waals surface area contributed by atoms with Gasteiger partial charge in [0.1, 0.15) is 19.4 Å². The molecule has 0 saturated carbocycles. The van der Waals surface area contributed by atoms with E-state index in [0.717, 1.165) is 17.0 Å². The van der Waals surface area contributed by atoms with Gasteiger partial charge >= 0.3 is 0 Å². The number of aryl methyl sites for hydroxylation is 1. The van der Waals surface area contributed by atoms with E-state index in [1.54, 1.807) is 14.2 Å². The fourth-order valence-electron chi connectivity index (χ4n) is 2.00. The second-order valence-electron chi connectivity index (χ2n) is 4.85. The van der Waals surface area contributed by atoms with Crippen molar-refractivity contribution in [2.24, 2.45) is 7.05 Å². The van der Waals surface area contributed by atoms with Gasteiger partial charge in [-0.3, -0.25) is 0 Å². The zero-order valence-corrected chi connectivity index (χ0v) is 13.2. The molecule has 0 unspecified atom stereocenters. The summed E-state index contributed by atoms with van der Waals surface area (Å²) in [6.07, 6.45) is 5.80. The molecule has 22 heavy (non-hydrogen) atoms. The molecule has 1 aromatic carbocycles. The van der Waals surface area contributed by atoms with Crippen molar-refractivity contribution >= 4 is 12.2 Å². The van der Waals surface area contributed by atoms with Gasteiger partial charge in [0, 0.05) is 32.4 Å². The first-order valence-corrected chi connectivity index (χ1v) is 7.14. The summed E-state index contributed by atoms with van der Waals surface area (Å²) in [6, 6.07) is 14.0. The van der Waals surface area contributed by atoms with Crippen LogP contribution >= 0.6 is 0 Å². The Morgan fingerprint density at radius 3 is 2.59 bits per heavy atom. The van der Waals surface area contributed by atoms with Crippen LogP contribution in [0.4, 0.5) is 0 Å². The summed E-state index contributed by atoms with van der Waals surface area (Å²) >= 11 is 0. The maximum absolute atomic E-state index is 5.68. The van der Waals surface area contributed by atoms with Crippen LogP contribution in [0.3, 0.4) is 0 Å². The first kappa shape index (κ1) is 16.2. The van der Waals surface area contributed by atoms with Crippen LogP contribution in [0.2, 0.25) is 0 Å². The molecule has 0 fully saturated rings. The molecular formula is C18H22NO3+. The molecule has 0 saturated heterocycles. The van der Waals surface area contributed by atoms with E-state index in [-0.39, 0.29) is 6.29 Å². The Morgan fingerprint density at radius 2 is 1.86 bits per heavy atom. The van der Waals surface area contributed by atoms with Gasteiger partial charge in [-0.1, -0.05) is 12.1 Å². The summed E-state index contributed by atoms with van der Waals surface area (Å²) in [5.41, 5.74) is 2.21. The van der Waals surface area contributed by atoms with Crippen LogP contribution in [0, 0.1) is 0 Å². The average Bonchev–Trinajstić information content (AvgIpc) is 2.55. The minimum atomic E-state index is -0.359. The highest BCUT2D eigenvalue weighted by molar-refractivity contribution is 5.67. The van der Waals surface area contributed by atoms with Crippen LogP contribution in [0.1, 0.15) is 11.3 Å². The number of hydrogen-bond donors (Lipinski definition) is 0. The van der Waals surface area contributed by atoms with Crippen LogP contribution in [0.5, 0.6) is 5.75 Å². The summed E-state index contributed by atoms with van der Waals surface area (Å²) in [5, 5.41) is 0. The summed E-state index contributed by atoms with van der Waals surface area (Å²) in [4.78, 5) is 0. The van der Waals surface area contributed by atoms with Gasteiger partial charge in [0.2, 0.25) is 5.69 Å². The van der Waals surface area contributed by atoms with E-state index in [4.69, 9.17) is 14.2 Å². The van der Waals surface area contributed by atoms with Crippen LogP contribution in [0.25, 0.3) is 12.2 Å². The molecule has 0 aliphatic carbocycles. The van der Waals surface area contributed by atoms with Gasteiger partial charge in [0.05, 0.1) is 0 Å². The first-order chi connectivity index (χ1) is 10.7. The van der Waals surface area contributed by atoms with Gasteiger partial charge in [-0.25, -0.2) is 4.57 Å². The minimum Gasteiger partial charge on any atom is -0.488 e. The van der Waals surface area contributed by atoms with E-state index in [1.807, 2.05) is 49.6 Å². The number of aromatic nitrogens is 1. The van der Waals surface area contributed by atoms with Crippen molar-refractivity contribution in [3.05, 3.63) is 59.9 Å². The van der Waals surface area contributed by atoms with Crippen molar-refractivity contribution in [2.75, 3.05) is 20.8 Å². The van der Waals surface area contributed by atoms with Crippen molar-refractivity contribution < 1.29 is 18.8 Å². The molecule has 0 radical (unpaired) electrons. The first-order valence-electron chi connectivity index (χ1n) is 7.14. The molecule has 0 amide bonds. The second-order valence-corrected chi connectivity index (χ2v) is 4.85. The van der Waals surface area contributed by atoms with Crippen LogP contribution < -0.4 is 9.30 Å². The summed E-state index contributed by atoms with van der Waals surface area (Å²) in [7, 11) is 5.21. The Labute approximate surface area is 131 Å². The fraction of sp³-hybridized carbons (Fsp3) is 0.278.